The second-order valence-corrected chi connectivity index (χ2v) is 7.96. The van der Waals surface area contributed by atoms with Gasteiger partial charge in [0.05, 0.1) is 0 Å². The van der Waals surface area contributed by atoms with Crippen molar-refractivity contribution in [3.05, 3.63) is 0 Å². The van der Waals surface area contributed by atoms with Crippen LogP contribution in [0.5, 0.6) is 0 Å². The van der Waals surface area contributed by atoms with E-state index in [1.807, 2.05) is 13.8 Å². The predicted octanol–water partition coefficient (Wildman–Crippen LogP) is 0.515. The van der Waals surface area contributed by atoms with Gasteiger partial charge in [-0.15, -0.1) is 0 Å². The lowest BCUT2D eigenvalue weighted by atomic mass is 9.93. The van der Waals surface area contributed by atoms with E-state index in [0.717, 1.165) is 0 Å². The Morgan fingerprint density at radius 3 is 1.78 bits per heavy atom. The topological polar surface area (TPSA) is 196 Å². The standard InChI is InChI=1S/C20H31NO11/c1-12(2)10-13(16(24)25)21(3)11-20(19(30)31,8-4-6-14(22)17(26)27)32-9-5-7-15(23)18(28)29/h12-13H,4-11H2,1-3H3,(H,24,25)(H,26,27)(H,28,29)(H,30,31)/t13?,20-/m1/s1. The van der Waals surface area contributed by atoms with Gasteiger partial charge in [-0.3, -0.25) is 19.3 Å². The molecule has 32 heavy (non-hydrogen) atoms. The monoisotopic (exact) mass is 461 g/mol. The number of carboxylic acids is 4. The maximum absolute atomic E-state index is 12.2. The van der Waals surface area contributed by atoms with E-state index in [9.17, 15) is 39.0 Å². The normalized spacial score (nSPS) is 14.0. The number of carbonyl (C=O) groups is 6. The molecule has 0 aliphatic rings. The largest absolute Gasteiger partial charge is 0.480 e. The smallest absolute Gasteiger partial charge is 0.372 e. The van der Waals surface area contributed by atoms with Gasteiger partial charge >= 0.3 is 23.9 Å². The molecule has 0 saturated heterocycles. The molecule has 0 heterocycles. The molecule has 0 aliphatic carbocycles. The van der Waals surface area contributed by atoms with Crippen molar-refractivity contribution in [3.8, 4) is 0 Å². The maximum atomic E-state index is 12.2. The zero-order chi connectivity index (χ0) is 25.1. The molecule has 0 aromatic heterocycles. The van der Waals surface area contributed by atoms with E-state index in [1.165, 1.54) is 11.9 Å². The third-order valence-electron chi connectivity index (χ3n) is 4.79. The number of nitrogens with zero attached hydrogens (tertiary/aromatic N) is 1. The van der Waals surface area contributed by atoms with E-state index in [2.05, 4.69) is 0 Å². The Morgan fingerprint density at radius 1 is 0.875 bits per heavy atom. The van der Waals surface area contributed by atoms with Crippen molar-refractivity contribution in [2.45, 2.75) is 64.0 Å². The van der Waals surface area contributed by atoms with Crippen molar-refractivity contribution in [1.29, 1.82) is 0 Å². The molecule has 0 aliphatic heterocycles. The molecular weight excluding hydrogens is 430 g/mol. The summed E-state index contributed by atoms with van der Waals surface area (Å²) in [6, 6.07) is -1.02. The fourth-order valence-electron chi connectivity index (χ4n) is 3.11. The Kier molecular flexibility index (Phi) is 12.3. The van der Waals surface area contributed by atoms with Crippen molar-refractivity contribution < 1.29 is 53.9 Å². The Morgan fingerprint density at radius 2 is 1.38 bits per heavy atom. The van der Waals surface area contributed by atoms with E-state index in [0.29, 0.717) is 0 Å². The van der Waals surface area contributed by atoms with Gasteiger partial charge in [0.15, 0.2) is 5.60 Å². The van der Waals surface area contributed by atoms with Crippen LogP contribution in [-0.4, -0.2) is 92.6 Å². The van der Waals surface area contributed by atoms with Crippen LogP contribution in [0.4, 0.5) is 0 Å². The van der Waals surface area contributed by atoms with Crippen molar-refractivity contribution >= 4 is 35.4 Å². The lowest BCUT2D eigenvalue weighted by Crippen LogP contribution is -2.54. The summed E-state index contributed by atoms with van der Waals surface area (Å²) < 4.78 is 5.53. The molecule has 0 rings (SSSR count). The van der Waals surface area contributed by atoms with Gasteiger partial charge in [-0.25, -0.2) is 14.4 Å². The van der Waals surface area contributed by atoms with E-state index in [-0.39, 0.29) is 51.2 Å². The van der Waals surface area contributed by atoms with Crippen LogP contribution in [0.2, 0.25) is 0 Å². The molecule has 0 radical (unpaired) electrons. The molecule has 0 aromatic carbocycles. The van der Waals surface area contributed by atoms with Crippen molar-refractivity contribution in [1.82, 2.24) is 4.90 Å². The Labute approximate surface area is 185 Å². The predicted molar refractivity (Wildman–Crippen MR) is 108 cm³/mol. The average Bonchev–Trinajstić information content (AvgIpc) is 2.67. The molecule has 12 heteroatoms. The molecular formula is C20H31NO11. The third kappa shape index (κ3) is 9.96. The van der Waals surface area contributed by atoms with Crippen LogP contribution in [0.15, 0.2) is 0 Å². The molecule has 0 aromatic rings. The zero-order valence-corrected chi connectivity index (χ0v) is 18.4. The van der Waals surface area contributed by atoms with E-state index < -0.39 is 53.5 Å². The summed E-state index contributed by atoms with van der Waals surface area (Å²) in [6.07, 6.45) is -1.14. The molecule has 182 valence electrons. The second-order valence-electron chi connectivity index (χ2n) is 7.96. The summed E-state index contributed by atoms with van der Waals surface area (Å²) in [5.74, 6) is -8.07. The van der Waals surface area contributed by atoms with Crippen molar-refractivity contribution in [3.63, 3.8) is 0 Å². The van der Waals surface area contributed by atoms with Gasteiger partial charge in [0.25, 0.3) is 0 Å². The summed E-state index contributed by atoms with van der Waals surface area (Å²) >= 11 is 0. The van der Waals surface area contributed by atoms with Crippen LogP contribution in [0, 0.1) is 5.92 Å². The zero-order valence-electron chi connectivity index (χ0n) is 18.4. The van der Waals surface area contributed by atoms with Crippen LogP contribution in [0.3, 0.4) is 0 Å². The SMILES string of the molecule is CC(C)CC(C(=O)O)N(C)C[C@@](CCCC(=O)C(=O)O)(OCCCC(=O)C(=O)O)C(=O)O. The first-order chi connectivity index (χ1) is 14.7. The molecule has 1 unspecified atom stereocenters. The van der Waals surface area contributed by atoms with Crippen LogP contribution >= 0.6 is 0 Å². The number of hydrogen-bond donors (Lipinski definition) is 4. The van der Waals surface area contributed by atoms with Gasteiger partial charge in [-0.2, -0.15) is 0 Å². The minimum atomic E-state index is -2.00. The summed E-state index contributed by atoms with van der Waals surface area (Å²) in [4.78, 5) is 69.0. The van der Waals surface area contributed by atoms with Gasteiger partial charge in [-0.1, -0.05) is 13.8 Å². The summed E-state index contributed by atoms with van der Waals surface area (Å²) in [5.41, 5.74) is -2.00. The molecule has 0 spiro atoms. The molecule has 12 nitrogen and oxygen atoms in total. The Balaban J connectivity index is 5.57. The van der Waals surface area contributed by atoms with Gasteiger partial charge in [0.2, 0.25) is 11.6 Å². The first-order valence-electron chi connectivity index (χ1n) is 10.1. The number of ether oxygens (including phenoxy) is 1. The fraction of sp³-hybridized carbons (Fsp3) is 0.700. The molecule has 0 saturated carbocycles. The van der Waals surface area contributed by atoms with Crippen LogP contribution in [0.25, 0.3) is 0 Å². The van der Waals surface area contributed by atoms with E-state index in [4.69, 9.17) is 14.9 Å². The summed E-state index contributed by atoms with van der Waals surface area (Å²) in [5, 5.41) is 36.7. The van der Waals surface area contributed by atoms with Crippen LogP contribution in [0.1, 0.15) is 52.4 Å². The van der Waals surface area contributed by atoms with E-state index in [1.54, 1.807) is 0 Å². The number of rotatable bonds is 18. The average molecular weight is 461 g/mol. The highest BCUT2D eigenvalue weighted by molar-refractivity contribution is 6.32. The van der Waals surface area contributed by atoms with Crippen molar-refractivity contribution in [2.24, 2.45) is 5.92 Å². The Bertz CT molecular complexity index is 718. The molecule has 0 bridgehead atoms. The summed E-state index contributed by atoms with van der Waals surface area (Å²) in [7, 11) is 1.42. The highest BCUT2D eigenvalue weighted by Crippen LogP contribution is 2.25. The number of carbonyl (C=O) groups excluding carboxylic acids is 2. The highest BCUT2D eigenvalue weighted by atomic mass is 16.5. The van der Waals surface area contributed by atoms with Gasteiger partial charge in [-0.05, 0) is 38.6 Å². The fourth-order valence-corrected chi connectivity index (χ4v) is 3.11. The third-order valence-corrected chi connectivity index (χ3v) is 4.79. The van der Waals surface area contributed by atoms with Crippen LogP contribution in [-0.2, 0) is 33.5 Å². The summed E-state index contributed by atoms with van der Waals surface area (Å²) in [6.45, 7) is 2.91. The molecule has 0 fully saturated rings. The molecule has 4 N–H and O–H groups in total. The number of hydrogen-bond acceptors (Lipinski definition) is 8. The Hall–Kier alpha value is -2.86. The number of carboxylic acid groups (broad SMARTS) is 4. The van der Waals surface area contributed by atoms with Gasteiger partial charge in [0, 0.05) is 26.0 Å². The van der Waals surface area contributed by atoms with Crippen LogP contribution < -0.4 is 0 Å². The molecule has 2 atom stereocenters. The lowest BCUT2D eigenvalue weighted by Gasteiger charge is -2.36. The first-order valence-corrected chi connectivity index (χ1v) is 10.1. The highest BCUT2D eigenvalue weighted by Gasteiger charge is 2.42. The minimum absolute atomic E-state index is 0.00563. The first kappa shape index (κ1) is 29.1. The number of ketones is 2. The second kappa shape index (κ2) is 13.5. The lowest BCUT2D eigenvalue weighted by molar-refractivity contribution is -0.173. The van der Waals surface area contributed by atoms with Gasteiger partial charge in [0.1, 0.15) is 6.04 Å². The minimum Gasteiger partial charge on any atom is -0.480 e. The van der Waals surface area contributed by atoms with E-state index >= 15 is 0 Å². The van der Waals surface area contributed by atoms with Gasteiger partial charge < -0.3 is 25.2 Å². The number of Topliss-reactive ketones (excluding diaryl/α,β-unsaturated/α-hetero) is 2. The molecule has 0 amide bonds. The number of likely N-dealkylation sites (N-methyl/N-ethyl adjacent to an activating group) is 1. The number of aliphatic carboxylic acids is 4. The van der Waals surface area contributed by atoms with Crippen molar-refractivity contribution in [2.75, 3.05) is 20.2 Å². The quantitative estimate of drug-likeness (QED) is 0.163. The maximum Gasteiger partial charge on any atom is 0.372 e.